The fourth-order valence-corrected chi connectivity index (χ4v) is 7.81. The van der Waals surface area contributed by atoms with Crippen molar-refractivity contribution in [1.29, 1.82) is 0 Å². The number of carbonyl (C=O) groups excluding carboxylic acids is 2. The summed E-state index contributed by atoms with van der Waals surface area (Å²) in [5, 5.41) is 23.8. The summed E-state index contributed by atoms with van der Waals surface area (Å²) in [6.07, 6.45) is 60.0. The van der Waals surface area contributed by atoms with Gasteiger partial charge >= 0.3 is 5.97 Å². The summed E-state index contributed by atoms with van der Waals surface area (Å²) < 4.78 is 5.89. The van der Waals surface area contributed by atoms with E-state index < -0.39 is 18.2 Å². The van der Waals surface area contributed by atoms with Crippen molar-refractivity contribution in [2.75, 3.05) is 6.61 Å². The van der Waals surface area contributed by atoms with Crippen LogP contribution in [0.1, 0.15) is 252 Å². The van der Waals surface area contributed by atoms with Crippen molar-refractivity contribution < 1.29 is 24.5 Å². The highest BCUT2D eigenvalue weighted by atomic mass is 16.5. The van der Waals surface area contributed by atoms with Crippen molar-refractivity contribution in [3.05, 3.63) is 60.8 Å². The lowest BCUT2D eigenvalue weighted by atomic mass is 10.0. The Labute approximate surface area is 378 Å². The summed E-state index contributed by atoms with van der Waals surface area (Å²) in [6, 6.07) is -0.715. The van der Waals surface area contributed by atoms with E-state index in [4.69, 9.17) is 4.74 Å². The van der Waals surface area contributed by atoms with E-state index in [2.05, 4.69) is 38.2 Å². The predicted molar refractivity (Wildman–Crippen MR) is 264 cm³/mol. The van der Waals surface area contributed by atoms with Crippen molar-refractivity contribution >= 4 is 11.9 Å². The Balaban J connectivity index is 4.63. The first-order valence-corrected chi connectivity index (χ1v) is 26.1. The van der Waals surface area contributed by atoms with Crippen molar-refractivity contribution in [1.82, 2.24) is 5.32 Å². The van der Waals surface area contributed by atoms with Crippen LogP contribution >= 0.6 is 0 Å². The minimum absolute atomic E-state index is 0.0503. The van der Waals surface area contributed by atoms with Gasteiger partial charge < -0.3 is 20.3 Å². The molecule has 0 aromatic carbocycles. The van der Waals surface area contributed by atoms with E-state index in [0.717, 1.165) is 51.4 Å². The molecule has 6 nitrogen and oxygen atoms in total. The Morgan fingerprint density at radius 3 is 1.28 bits per heavy atom. The molecule has 6 heteroatoms. The van der Waals surface area contributed by atoms with Crippen LogP contribution in [0.25, 0.3) is 0 Å². The molecule has 3 unspecified atom stereocenters. The largest absolute Gasteiger partial charge is 0.462 e. The molecule has 0 aromatic rings. The van der Waals surface area contributed by atoms with Gasteiger partial charge in [-0.2, -0.15) is 0 Å². The van der Waals surface area contributed by atoms with E-state index in [1.54, 1.807) is 0 Å². The average Bonchev–Trinajstić information content (AvgIpc) is 3.25. The van der Waals surface area contributed by atoms with E-state index >= 15 is 0 Å². The van der Waals surface area contributed by atoms with Crippen molar-refractivity contribution in [3.8, 4) is 0 Å². The van der Waals surface area contributed by atoms with Crippen LogP contribution in [0, 0.1) is 0 Å². The number of unbranched alkanes of at least 4 members (excludes halogenated alkanes) is 28. The number of amides is 1. The summed E-state index contributed by atoms with van der Waals surface area (Å²) in [7, 11) is 0. The Morgan fingerprint density at radius 1 is 0.492 bits per heavy atom. The molecule has 1 amide bonds. The number of aliphatic hydroxyl groups excluding tert-OH is 2. The molecular formula is C55H99NO5. The SMILES string of the molecule is CC/C=C/C=C/C=C\C=C/C=C/CCCC(=O)OC(CCCCCCCCCCCCCCCC)CC(=O)NC(CO)C(O)CCCCCCCCCCCCCCCCC. The van der Waals surface area contributed by atoms with Crippen molar-refractivity contribution in [3.63, 3.8) is 0 Å². The molecule has 0 aliphatic heterocycles. The number of carbonyl (C=O) groups is 2. The molecule has 0 saturated heterocycles. The van der Waals surface area contributed by atoms with E-state index in [9.17, 15) is 19.8 Å². The third-order valence-corrected chi connectivity index (χ3v) is 11.7. The lowest BCUT2D eigenvalue weighted by molar-refractivity contribution is -0.151. The van der Waals surface area contributed by atoms with Crippen LogP contribution in [0.2, 0.25) is 0 Å². The van der Waals surface area contributed by atoms with Gasteiger partial charge in [-0.3, -0.25) is 9.59 Å². The maximum Gasteiger partial charge on any atom is 0.306 e. The predicted octanol–water partition coefficient (Wildman–Crippen LogP) is 15.6. The molecule has 0 saturated carbocycles. The maximum atomic E-state index is 13.2. The van der Waals surface area contributed by atoms with E-state index in [0.29, 0.717) is 25.7 Å². The number of esters is 1. The zero-order valence-corrected chi connectivity index (χ0v) is 40.3. The Morgan fingerprint density at radius 2 is 0.869 bits per heavy atom. The molecule has 0 aliphatic carbocycles. The standard InChI is InChI=1S/C55H99NO5/c1-4-7-10-13-16-19-22-25-27-30-32-35-38-41-44-47-53(58)52(50-57)56-54(59)49-51(46-43-40-37-34-31-29-26-23-20-17-14-11-8-5-2)61-55(60)48-45-42-39-36-33-28-24-21-18-15-12-9-6-3/h9,12,15,18,21,24,28,33,36,39,51-53,57-58H,4-8,10-11,13-14,16-17,19-20,22-23,25-27,29-32,34-35,37-38,40-50H2,1-3H3,(H,56,59)/b12-9+,18-15+,24-21-,33-28-,39-36+. The lowest BCUT2D eigenvalue weighted by Gasteiger charge is -2.24. The summed E-state index contributed by atoms with van der Waals surface area (Å²) in [4.78, 5) is 26.1. The second kappa shape index (κ2) is 48.6. The van der Waals surface area contributed by atoms with Gasteiger partial charge in [-0.05, 0) is 38.5 Å². The smallest absolute Gasteiger partial charge is 0.306 e. The van der Waals surface area contributed by atoms with Gasteiger partial charge in [0.05, 0.1) is 25.2 Å². The van der Waals surface area contributed by atoms with Gasteiger partial charge in [0.1, 0.15) is 6.10 Å². The number of hydrogen-bond donors (Lipinski definition) is 3. The maximum absolute atomic E-state index is 13.2. The third-order valence-electron chi connectivity index (χ3n) is 11.7. The first kappa shape index (κ1) is 58.6. The second-order valence-corrected chi connectivity index (χ2v) is 17.7. The first-order valence-electron chi connectivity index (χ1n) is 26.1. The average molecular weight is 854 g/mol. The molecule has 0 spiro atoms. The molecular weight excluding hydrogens is 755 g/mol. The molecule has 0 heterocycles. The molecule has 0 fully saturated rings. The fraction of sp³-hybridized carbons (Fsp3) is 0.782. The monoisotopic (exact) mass is 854 g/mol. The zero-order chi connectivity index (χ0) is 44.5. The second-order valence-electron chi connectivity index (χ2n) is 17.7. The molecule has 0 aromatic heterocycles. The van der Waals surface area contributed by atoms with Crippen LogP contribution in [-0.4, -0.2) is 46.9 Å². The Bertz CT molecular complexity index is 1090. The number of aliphatic hydroxyl groups is 2. The number of hydrogen-bond acceptors (Lipinski definition) is 5. The molecule has 0 rings (SSSR count). The highest BCUT2D eigenvalue weighted by Gasteiger charge is 2.24. The van der Waals surface area contributed by atoms with Crippen LogP contribution in [-0.2, 0) is 14.3 Å². The highest BCUT2D eigenvalue weighted by molar-refractivity contribution is 5.77. The summed E-state index contributed by atoms with van der Waals surface area (Å²) in [5.74, 6) is -0.555. The quantitative estimate of drug-likeness (QED) is 0.0322. The lowest BCUT2D eigenvalue weighted by Crippen LogP contribution is -2.46. The summed E-state index contributed by atoms with van der Waals surface area (Å²) >= 11 is 0. The van der Waals surface area contributed by atoms with Gasteiger partial charge in [0, 0.05) is 6.42 Å². The Kier molecular flexibility index (Phi) is 46.6. The van der Waals surface area contributed by atoms with Gasteiger partial charge in [0.25, 0.3) is 0 Å². The van der Waals surface area contributed by atoms with Crippen LogP contribution < -0.4 is 5.32 Å². The molecule has 0 aliphatic rings. The van der Waals surface area contributed by atoms with E-state index in [1.165, 1.54) is 148 Å². The van der Waals surface area contributed by atoms with Gasteiger partial charge in [0.15, 0.2) is 0 Å². The minimum atomic E-state index is -0.800. The highest BCUT2D eigenvalue weighted by Crippen LogP contribution is 2.18. The van der Waals surface area contributed by atoms with E-state index in [-0.39, 0.29) is 24.9 Å². The molecule has 3 N–H and O–H groups in total. The number of nitrogens with one attached hydrogen (secondary N) is 1. The van der Waals surface area contributed by atoms with Gasteiger partial charge in [-0.15, -0.1) is 0 Å². The molecule has 354 valence electrons. The van der Waals surface area contributed by atoms with Gasteiger partial charge in [-0.25, -0.2) is 0 Å². The normalized spacial score (nSPS) is 13.7. The van der Waals surface area contributed by atoms with Crippen molar-refractivity contribution in [2.45, 2.75) is 270 Å². The summed E-state index contributed by atoms with van der Waals surface area (Å²) in [5.41, 5.74) is 0. The minimum Gasteiger partial charge on any atom is -0.462 e. The molecule has 0 bridgehead atoms. The van der Waals surface area contributed by atoms with Gasteiger partial charge in [-0.1, -0.05) is 261 Å². The molecule has 3 atom stereocenters. The third kappa shape index (κ3) is 44.0. The fourth-order valence-electron chi connectivity index (χ4n) is 7.81. The molecule has 0 radical (unpaired) electrons. The first-order chi connectivity index (χ1) is 30.0. The topological polar surface area (TPSA) is 95.9 Å². The van der Waals surface area contributed by atoms with Crippen molar-refractivity contribution in [2.24, 2.45) is 0 Å². The van der Waals surface area contributed by atoms with Crippen LogP contribution in [0.4, 0.5) is 0 Å². The van der Waals surface area contributed by atoms with Crippen LogP contribution in [0.15, 0.2) is 60.8 Å². The van der Waals surface area contributed by atoms with Gasteiger partial charge in [0.2, 0.25) is 5.91 Å². The number of rotatable bonds is 46. The zero-order valence-electron chi connectivity index (χ0n) is 40.3. The van der Waals surface area contributed by atoms with Crippen LogP contribution in [0.5, 0.6) is 0 Å². The number of allylic oxidation sites excluding steroid dienone is 10. The number of ether oxygens (including phenoxy) is 1. The van der Waals surface area contributed by atoms with E-state index in [1.807, 2.05) is 48.6 Å². The van der Waals surface area contributed by atoms with Crippen LogP contribution in [0.3, 0.4) is 0 Å². The molecule has 61 heavy (non-hydrogen) atoms. The summed E-state index contributed by atoms with van der Waals surface area (Å²) in [6.45, 7) is 6.34. The Hall–Kier alpha value is -2.44.